The minimum atomic E-state index is -1.15. The van der Waals surface area contributed by atoms with Crippen LogP contribution in [0.1, 0.15) is 18.4 Å². The third kappa shape index (κ3) is 5.35. The summed E-state index contributed by atoms with van der Waals surface area (Å²) in [7, 11) is 1.45. The van der Waals surface area contributed by atoms with Crippen LogP contribution in [0.5, 0.6) is 0 Å². The van der Waals surface area contributed by atoms with Crippen LogP contribution in [-0.4, -0.2) is 65.3 Å². The number of halogens is 1. The molecular weight excluding hydrogens is 345 g/mol. The Labute approximate surface area is 149 Å². The van der Waals surface area contributed by atoms with Gasteiger partial charge in [0, 0.05) is 26.5 Å². The second kappa shape index (κ2) is 9.04. The van der Waals surface area contributed by atoms with Crippen molar-refractivity contribution >= 4 is 23.5 Å². The van der Waals surface area contributed by atoms with E-state index in [1.165, 1.54) is 31.4 Å². The van der Waals surface area contributed by atoms with Gasteiger partial charge in [-0.05, 0) is 17.7 Å². The van der Waals surface area contributed by atoms with Crippen LogP contribution in [0, 0.1) is 5.82 Å². The maximum Gasteiger partial charge on any atom is 0.323 e. The van der Waals surface area contributed by atoms with Gasteiger partial charge in [-0.25, -0.2) is 9.40 Å². The summed E-state index contributed by atoms with van der Waals surface area (Å²) >= 11 is 0. The van der Waals surface area contributed by atoms with Gasteiger partial charge in [0.15, 0.2) is 0 Å². The number of aliphatic carboxylic acids is 1. The molecule has 0 spiro atoms. The number of hydrazone groups is 1. The SMILES string of the molecule is COCCN(CC(=O)O)C(=O)C1=NN(Cc2ccc(F)cc2)C(=O)CC1. The highest BCUT2D eigenvalue weighted by Gasteiger charge is 2.28. The van der Waals surface area contributed by atoms with Crippen LogP contribution in [0.3, 0.4) is 0 Å². The first-order chi connectivity index (χ1) is 12.4. The van der Waals surface area contributed by atoms with E-state index in [4.69, 9.17) is 9.84 Å². The summed E-state index contributed by atoms with van der Waals surface area (Å²) in [6, 6.07) is 5.62. The molecule has 0 aliphatic carbocycles. The summed E-state index contributed by atoms with van der Waals surface area (Å²) in [6.45, 7) is -0.0862. The van der Waals surface area contributed by atoms with Crippen LogP contribution in [0.25, 0.3) is 0 Å². The highest BCUT2D eigenvalue weighted by atomic mass is 19.1. The fraction of sp³-hybridized carbons (Fsp3) is 0.412. The molecule has 9 heteroatoms. The van der Waals surface area contributed by atoms with Crippen LogP contribution in [-0.2, 0) is 25.7 Å². The van der Waals surface area contributed by atoms with Crippen molar-refractivity contribution in [1.82, 2.24) is 9.91 Å². The standard InChI is InChI=1S/C17H20FN3O5/c1-26-9-8-20(11-16(23)24)17(25)14-6-7-15(22)21(19-14)10-12-2-4-13(18)5-3-12/h2-5H,6-11H2,1H3,(H,23,24). The van der Waals surface area contributed by atoms with Gasteiger partial charge < -0.3 is 14.7 Å². The highest BCUT2D eigenvalue weighted by Crippen LogP contribution is 2.15. The Morgan fingerprint density at radius 1 is 1.31 bits per heavy atom. The van der Waals surface area contributed by atoms with Gasteiger partial charge in [0.1, 0.15) is 18.1 Å². The van der Waals surface area contributed by atoms with Gasteiger partial charge in [0.05, 0.1) is 13.2 Å². The summed E-state index contributed by atoms with van der Waals surface area (Å²) in [6.07, 6.45) is 0.234. The van der Waals surface area contributed by atoms with Crippen LogP contribution < -0.4 is 0 Å². The maximum absolute atomic E-state index is 13.0. The van der Waals surface area contributed by atoms with E-state index in [2.05, 4.69) is 5.10 Å². The van der Waals surface area contributed by atoms with E-state index in [1.54, 1.807) is 0 Å². The van der Waals surface area contributed by atoms with Gasteiger partial charge in [-0.15, -0.1) is 0 Å². The number of methoxy groups -OCH3 is 1. The largest absolute Gasteiger partial charge is 0.480 e. The first-order valence-corrected chi connectivity index (χ1v) is 8.03. The highest BCUT2D eigenvalue weighted by molar-refractivity contribution is 6.39. The summed E-state index contributed by atoms with van der Waals surface area (Å²) in [5.41, 5.74) is 0.781. The van der Waals surface area contributed by atoms with Gasteiger partial charge in [-0.2, -0.15) is 5.10 Å². The number of carbonyl (C=O) groups is 3. The Morgan fingerprint density at radius 2 is 2.00 bits per heavy atom. The summed E-state index contributed by atoms with van der Waals surface area (Å²) in [5.74, 6) is -2.33. The molecule has 2 amide bonds. The molecule has 1 aromatic rings. The molecule has 0 saturated carbocycles. The summed E-state index contributed by atoms with van der Waals surface area (Å²) in [5, 5.41) is 14.2. The number of benzene rings is 1. The average Bonchev–Trinajstić information content (AvgIpc) is 2.61. The van der Waals surface area contributed by atoms with Crippen molar-refractivity contribution in [3.63, 3.8) is 0 Å². The van der Waals surface area contributed by atoms with Crippen molar-refractivity contribution in [3.8, 4) is 0 Å². The number of carboxylic acids is 1. The lowest BCUT2D eigenvalue weighted by atomic mass is 10.1. The number of rotatable bonds is 8. The number of hydrogen-bond acceptors (Lipinski definition) is 5. The van der Waals surface area contributed by atoms with Crippen LogP contribution in [0.4, 0.5) is 4.39 Å². The van der Waals surface area contributed by atoms with Crippen LogP contribution in [0.15, 0.2) is 29.4 Å². The number of carboxylic acid groups (broad SMARTS) is 1. The minimum Gasteiger partial charge on any atom is -0.480 e. The molecule has 1 N–H and O–H groups in total. The van der Waals surface area contributed by atoms with Crippen molar-refractivity contribution in [2.75, 3.05) is 26.8 Å². The van der Waals surface area contributed by atoms with E-state index in [9.17, 15) is 18.8 Å². The number of ether oxygens (including phenoxy) is 1. The van der Waals surface area contributed by atoms with Gasteiger partial charge in [-0.1, -0.05) is 12.1 Å². The predicted molar refractivity (Wildman–Crippen MR) is 89.7 cm³/mol. The topological polar surface area (TPSA) is 99.5 Å². The quantitative estimate of drug-likeness (QED) is 0.737. The Hall–Kier alpha value is -2.81. The van der Waals surface area contributed by atoms with Gasteiger partial charge in [-0.3, -0.25) is 14.4 Å². The van der Waals surface area contributed by atoms with Crippen LogP contribution >= 0.6 is 0 Å². The molecule has 0 saturated heterocycles. The van der Waals surface area contributed by atoms with E-state index in [1.807, 2.05) is 0 Å². The van der Waals surface area contributed by atoms with Crippen LogP contribution in [0.2, 0.25) is 0 Å². The second-order valence-corrected chi connectivity index (χ2v) is 5.74. The number of nitrogens with zero attached hydrogens (tertiary/aromatic N) is 3. The van der Waals surface area contributed by atoms with Crippen molar-refractivity contribution in [1.29, 1.82) is 0 Å². The maximum atomic E-state index is 13.0. The van der Waals surface area contributed by atoms with E-state index >= 15 is 0 Å². The molecular formula is C17H20FN3O5. The molecule has 2 rings (SSSR count). The molecule has 26 heavy (non-hydrogen) atoms. The zero-order valence-corrected chi connectivity index (χ0v) is 14.4. The lowest BCUT2D eigenvalue weighted by molar-refractivity contribution is -0.142. The number of amides is 2. The minimum absolute atomic E-state index is 0.0942. The van der Waals surface area contributed by atoms with Gasteiger partial charge in [0.2, 0.25) is 5.91 Å². The molecule has 0 atom stereocenters. The fourth-order valence-electron chi connectivity index (χ4n) is 2.44. The molecule has 0 bridgehead atoms. The normalized spacial score (nSPS) is 14.2. The van der Waals surface area contributed by atoms with E-state index in [0.717, 1.165) is 9.91 Å². The predicted octanol–water partition coefficient (Wildman–Crippen LogP) is 0.864. The number of hydrogen-bond donors (Lipinski definition) is 1. The molecule has 8 nitrogen and oxygen atoms in total. The van der Waals surface area contributed by atoms with Crippen molar-refractivity contribution < 1.29 is 28.6 Å². The average molecular weight is 365 g/mol. The molecule has 0 aromatic heterocycles. The zero-order valence-electron chi connectivity index (χ0n) is 14.4. The van der Waals surface area contributed by atoms with Crippen molar-refractivity contribution in [2.24, 2.45) is 5.10 Å². The number of carbonyl (C=O) groups excluding carboxylic acids is 2. The van der Waals surface area contributed by atoms with E-state index in [0.29, 0.717) is 5.56 Å². The Balaban J connectivity index is 2.15. The monoisotopic (exact) mass is 365 g/mol. The molecule has 1 aliphatic heterocycles. The zero-order chi connectivity index (χ0) is 19.1. The second-order valence-electron chi connectivity index (χ2n) is 5.74. The van der Waals surface area contributed by atoms with Gasteiger partial charge >= 0.3 is 5.97 Å². The third-order valence-electron chi connectivity index (χ3n) is 3.78. The Morgan fingerprint density at radius 3 is 2.62 bits per heavy atom. The first-order valence-electron chi connectivity index (χ1n) is 8.03. The first kappa shape index (κ1) is 19.5. The smallest absolute Gasteiger partial charge is 0.323 e. The molecule has 1 heterocycles. The Kier molecular flexibility index (Phi) is 6.79. The molecule has 0 unspecified atom stereocenters. The van der Waals surface area contributed by atoms with E-state index < -0.39 is 18.4 Å². The lowest BCUT2D eigenvalue weighted by Gasteiger charge is -2.26. The molecule has 1 aliphatic rings. The molecule has 0 fully saturated rings. The van der Waals surface area contributed by atoms with Crippen molar-refractivity contribution in [2.45, 2.75) is 19.4 Å². The molecule has 0 radical (unpaired) electrons. The van der Waals surface area contributed by atoms with Gasteiger partial charge in [0.25, 0.3) is 5.91 Å². The summed E-state index contributed by atoms with van der Waals surface area (Å²) < 4.78 is 17.9. The fourth-order valence-corrected chi connectivity index (χ4v) is 2.44. The van der Waals surface area contributed by atoms with E-state index in [-0.39, 0.29) is 50.0 Å². The Bertz CT molecular complexity index is 705. The molecule has 1 aromatic carbocycles. The summed E-state index contributed by atoms with van der Waals surface area (Å²) in [4.78, 5) is 36.7. The molecule has 140 valence electrons. The lowest BCUT2D eigenvalue weighted by Crippen LogP contribution is -2.44. The van der Waals surface area contributed by atoms with Crippen molar-refractivity contribution in [3.05, 3.63) is 35.6 Å². The third-order valence-corrected chi connectivity index (χ3v) is 3.78.